The monoisotopic (exact) mass is 337 g/mol. The van der Waals surface area contributed by atoms with Gasteiger partial charge in [-0.3, -0.25) is 4.79 Å². The molecule has 3 aromatic rings. The number of amides is 1. The van der Waals surface area contributed by atoms with E-state index in [-0.39, 0.29) is 5.91 Å². The van der Waals surface area contributed by atoms with E-state index in [9.17, 15) is 4.79 Å². The highest BCUT2D eigenvalue weighted by Crippen LogP contribution is 2.26. The first-order valence-electron chi connectivity index (χ1n) is 8.16. The number of hydrogen-bond donors (Lipinski definition) is 0. The van der Waals surface area contributed by atoms with Crippen LogP contribution in [0.25, 0.3) is 11.0 Å². The van der Waals surface area contributed by atoms with Crippen LogP contribution in [0.4, 0.5) is 0 Å². The lowest BCUT2D eigenvalue weighted by Crippen LogP contribution is -2.38. The van der Waals surface area contributed by atoms with Crippen molar-refractivity contribution in [3.05, 3.63) is 53.9 Å². The molecule has 1 aromatic heterocycles. The van der Waals surface area contributed by atoms with Crippen molar-refractivity contribution in [3.8, 4) is 11.5 Å². The molecule has 0 N–H and O–H groups in total. The summed E-state index contributed by atoms with van der Waals surface area (Å²) in [6.45, 7) is 1.88. The largest absolute Gasteiger partial charge is 0.497 e. The SMILES string of the molecule is COc1cc(OC)cc(C(=O)N2CCn3c(nc4ccccc43)C2)c1. The van der Waals surface area contributed by atoms with E-state index in [0.717, 1.165) is 23.4 Å². The van der Waals surface area contributed by atoms with Crippen molar-refractivity contribution in [3.63, 3.8) is 0 Å². The molecule has 0 unspecified atom stereocenters. The molecule has 2 aromatic carbocycles. The minimum Gasteiger partial charge on any atom is -0.497 e. The third kappa shape index (κ3) is 2.69. The normalized spacial score (nSPS) is 13.6. The summed E-state index contributed by atoms with van der Waals surface area (Å²) in [5.41, 5.74) is 2.64. The van der Waals surface area contributed by atoms with Gasteiger partial charge >= 0.3 is 0 Å². The van der Waals surface area contributed by atoms with E-state index in [1.54, 1.807) is 32.4 Å². The minimum absolute atomic E-state index is 0.0458. The Morgan fingerprint density at radius 1 is 1.04 bits per heavy atom. The Kier molecular flexibility index (Phi) is 3.80. The van der Waals surface area contributed by atoms with Crippen LogP contribution in [0.3, 0.4) is 0 Å². The molecule has 128 valence electrons. The van der Waals surface area contributed by atoms with Gasteiger partial charge in [-0.1, -0.05) is 12.1 Å². The molecule has 25 heavy (non-hydrogen) atoms. The van der Waals surface area contributed by atoms with Crippen LogP contribution in [0, 0.1) is 0 Å². The Labute approximate surface area is 145 Å². The first kappa shape index (κ1) is 15.5. The topological polar surface area (TPSA) is 56.6 Å². The quantitative estimate of drug-likeness (QED) is 0.737. The van der Waals surface area contributed by atoms with Crippen LogP contribution in [-0.4, -0.2) is 41.1 Å². The van der Waals surface area contributed by atoms with Crippen LogP contribution in [-0.2, 0) is 13.1 Å². The molecular formula is C19H19N3O3. The molecule has 0 saturated carbocycles. The lowest BCUT2D eigenvalue weighted by molar-refractivity contribution is 0.0708. The summed E-state index contributed by atoms with van der Waals surface area (Å²) in [6.07, 6.45) is 0. The van der Waals surface area contributed by atoms with Crippen molar-refractivity contribution < 1.29 is 14.3 Å². The number of para-hydroxylation sites is 2. The maximum absolute atomic E-state index is 12.9. The van der Waals surface area contributed by atoms with Crippen LogP contribution in [0.5, 0.6) is 11.5 Å². The summed E-state index contributed by atoms with van der Waals surface area (Å²) >= 11 is 0. The predicted molar refractivity (Wildman–Crippen MR) is 94.0 cm³/mol. The van der Waals surface area contributed by atoms with Crippen molar-refractivity contribution in [1.82, 2.24) is 14.5 Å². The van der Waals surface area contributed by atoms with Crippen LogP contribution >= 0.6 is 0 Å². The highest BCUT2D eigenvalue weighted by Gasteiger charge is 2.25. The second kappa shape index (κ2) is 6.12. The second-order valence-corrected chi connectivity index (χ2v) is 6.00. The average molecular weight is 337 g/mol. The van der Waals surface area contributed by atoms with Gasteiger partial charge in [0, 0.05) is 24.7 Å². The van der Waals surface area contributed by atoms with Crippen LogP contribution in [0.1, 0.15) is 16.2 Å². The van der Waals surface area contributed by atoms with E-state index < -0.39 is 0 Å². The molecule has 2 heterocycles. The summed E-state index contributed by atoms with van der Waals surface area (Å²) in [6, 6.07) is 13.3. The number of fused-ring (bicyclic) bond motifs is 3. The number of nitrogens with zero attached hydrogens (tertiary/aromatic N) is 3. The smallest absolute Gasteiger partial charge is 0.254 e. The van der Waals surface area contributed by atoms with E-state index in [2.05, 4.69) is 15.6 Å². The van der Waals surface area contributed by atoms with Gasteiger partial charge in [-0.05, 0) is 24.3 Å². The zero-order valence-electron chi connectivity index (χ0n) is 14.2. The maximum Gasteiger partial charge on any atom is 0.254 e. The van der Waals surface area contributed by atoms with Gasteiger partial charge in [-0.25, -0.2) is 4.98 Å². The molecule has 0 spiro atoms. The predicted octanol–water partition coefficient (Wildman–Crippen LogP) is 2.71. The first-order valence-corrected chi connectivity index (χ1v) is 8.16. The third-order valence-corrected chi connectivity index (χ3v) is 4.55. The molecule has 6 heteroatoms. The number of rotatable bonds is 3. The molecule has 0 saturated heterocycles. The lowest BCUT2D eigenvalue weighted by Gasteiger charge is -2.28. The molecule has 0 bridgehead atoms. The number of hydrogen-bond acceptors (Lipinski definition) is 4. The summed E-state index contributed by atoms with van der Waals surface area (Å²) in [4.78, 5) is 19.4. The second-order valence-electron chi connectivity index (χ2n) is 6.00. The van der Waals surface area contributed by atoms with E-state index in [1.807, 2.05) is 23.1 Å². The molecule has 0 radical (unpaired) electrons. The van der Waals surface area contributed by atoms with Gasteiger partial charge in [0.05, 0.1) is 31.8 Å². The summed E-state index contributed by atoms with van der Waals surface area (Å²) < 4.78 is 12.7. The molecule has 0 atom stereocenters. The summed E-state index contributed by atoms with van der Waals surface area (Å²) in [5.74, 6) is 2.07. The first-order chi connectivity index (χ1) is 12.2. The van der Waals surface area contributed by atoms with Gasteiger partial charge in [-0.2, -0.15) is 0 Å². The van der Waals surface area contributed by atoms with E-state index in [0.29, 0.717) is 30.2 Å². The summed E-state index contributed by atoms with van der Waals surface area (Å²) in [5, 5.41) is 0. The third-order valence-electron chi connectivity index (χ3n) is 4.55. The minimum atomic E-state index is -0.0458. The average Bonchev–Trinajstić information content (AvgIpc) is 3.04. The van der Waals surface area contributed by atoms with Crippen LogP contribution < -0.4 is 9.47 Å². The van der Waals surface area contributed by atoms with Gasteiger partial charge < -0.3 is 18.9 Å². The Morgan fingerprint density at radius 2 is 1.76 bits per heavy atom. The Balaban J connectivity index is 1.64. The van der Waals surface area contributed by atoms with E-state index >= 15 is 0 Å². The highest BCUT2D eigenvalue weighted by atomic mass is 16.5. The molecule has 0 aliphatic carbocycles. The molecule has 4 rings (SSSR count). The fraction of sp³-hybridized carbons (Fsp3) is 0.263. The zero-order valence-corrected chi connectivity index (χ0v) is 14.2. The molecule has 1 amide bonds. The number of methoxy groups -OCH3 is 2. The van der Waals surface area contributed by atoms with E-state index in [4.69, 9.17) is 9.47 Å². The van der Waals surface area contributed by atoms with Gasteiger partial charge in [0.2, 0.25) is 0 Å². The van der Waals surface area contributed by atoms with Gasteiger partial charge in [0.15, 0.2) is 0 Å². The Bertz CT molecular complexity index is 926. The number of ether oxygens (including phenoxy) is 2. The lowest BCUT2D eigenvalue weighted by atomic mass is 10.1. The molecular weight excluding hydrogens is 318 g/mol. The van der Waals surface area contributed by atoms with Gasteiger partial charge in [-0.15, -0.1) is 0 Å². The fourth-order valence-electron chi connectivity index (χ4n) is 3.25. The van der Waals surface area contributed by atoms with Crippen molar-refractivity contribution in [2.24, 2.45) is 0 Å². The van der Waals surface area contributed by atoms with Crippen LogP contribution in [0.2, 0.25) is 0 Å². The molecule has 0 fully saturated rings. The zero-order chi connectivity index (χ0) is 17.4. The van der Waals surface area contributed by atoms with Crippen LogP contribution in [0.15, 0.2) is 42.5 Å². The number of carbonyl (C=O) groups is 1. The highest BCUT2D eigenvalue weighted by molar-refractivity contribution is 5.95. The Morgan fingerprint density at radius 3 is 2.48 bits per heavy atom. The van der Waals surface area contributed by atoms with Crippen molar-refractivity contribution in [2.45, 2.75) is 13.1 Å². The Hall–Kier alpha value is -3.02. The number of benzene rings is 2. The van der Waals surface area contributed by atoms with E-state index in [1.165, 1.54) is 0 Å². The maximum atomic E-state index is 12.9. The van der Waals surface area contributed by atoms with Crippen molar-refractivity contribution >= 4 is 16.9 Å². The fourth-order valence-corrected chi connectivity index (χ4v) is 3.25. The standard InChI is InChI=1S/C19H19N3O3/c1-24-14-9-13(10-15(11-14)25-2)19(23)21-7-8-22-17-6-4-3-5-16(17)20-18(22)12-21/h3-6,9-11H,7-8,12H2,1-2H3. The molecule has 1 aliphatic heterocycles. The molecule has 1 aliphatic rings. The summed E-state index contributed by atoms with van der Waals surface area (Å²) in [7, 11) is 3.15. The molecule has 6 nitrogen and oxygen atoms in total. The number of aromatic nitrogens is 2. The van der Waals surface area contributed by atoms with Crippen molar-refractivity contribution in [2.75, 3.05) is 20.8 Å². The van der Waals surface area contributed by atoms with Crippen molar-refractivity contribution in [1.29, 1.82) is 0 Å². The van der Waals surface area contributed by atoms with Gasteiger partial charge in [0.1, 0.15) is 17.3 Å². The van der Waals surface area contributed by atoms with Gasteiger partial charge in [0.25, 0.3) is 5.91 Å². The number of imidazole rings is 1. The number of carbonyl (C=O) groups excluding carboxylic acids is 1.